The third-order valence-electron chi connectivity index (χ3n) is 4.15. The van der Waals surface area contributed by atoms with Crippen LogP contribution in [0.2, 0.25) is 0 Å². The molecule has 1 amide bonds. The zero-order chi connectivity index (χ0) is 20.4. The molecular weight excluding hydrogens is 361 g/mol. The fourth-order valence-corrected chi connectivity index (χ4v) is 2.81. The van der Waals surface area contributed by atoms with Crippen molar-refractivity contribution in [2.75, 3.05) is 16.8 Å². The quantitative estimate of drug-likeness (QED) is 0.532. The zero-order valence-electron chi connectivity index (χ0n) is 15.8. The van der Waals surface area contributed by atoms with Gasteiger partial charge in [0.05, 0.1) is 22.8 Å². The molecule has 8 nitrogen and oxygen atoms in total. The van der Waals surface area contributed by atoms with E-state index in [9.17, 15) is 9.18 Å². The van der Waals surface area contributed by atoms with Gasteiger partial charge in [0.15, 0.2) is 11.6 Å². The van der Waals surface area contributed by atoms with Gasteiger partial charge in [0.25, 0.3) is 5.91 Å². The second kappa shape index (κ2) is 7.63. The fourth-order valence-electron chi connectivity index (χ4n) is 2.81. The standard InChI is InChI=1S/C19H22FN7O/c1-9(2)25-19(28)13-7-11-6-12(20)4-5-14(11)27-16(13)10(3)26-18-15(21)17(22)23-8-24-18/h4-10H,21H2,1-3H3,(H,25,28)(H3,22,23,24,26)/t10-/m0/s1. The molecule has 0 fully saturated rings. The molecule has 0 aliphatic heterocycles. The lowest BCUT2D eigenvalue weighted by molar-refractivity contribution is 0.0941. The lowest BCUT2D eigenvalue weighted by Gasteiger charge is -2.20. The lowest BCUT2D eigenvalue weighted by Crippen LogP contribution is -2.31. The van der Waals surface area contributed by atoms with E-state index in [4.69, 9.17) is 11.5 Å². The molecular formula is C19H22FN7O. The number of hydrogen-bond donors (Lipinski definition) is 4. The number of carbonyl (C=O) groups is 1. The summed E-state index contributed by atoms with van der Waals surface area (Å²) in [5.74, 6) is -0.194. The molecule has 146 valence electrons. The lowest BCUT2D eigenvalue weighted by atomic mass is 10.0. The topological polar surface area (TPSA) is 132 Å². The summed E-state index contributed by atoms with van der Waals surface area (Å²) in [7, 11) is 0. The third-order valence-corrected chi connectivity index (χ3v) is 4.15. The molecule has 6 N–H and O–H groups in total. The number of amides is 1. The number of nitrogens with one attached hydrogen (secondary N) is 2. The number of pyridine rings is 1. The average Bonchev–Trinajstić information content (AvgIpc) is 2.63. The first-order valence-corrected chi connectivity index (χ1v) is 8.79. The second-order valence-electron chi connectivity index (χ2n) is 6.77. The third kappa shape index (κ3) is 3.93. The van der Waals surface area contributed by atoms with Crippen molar-refractivity contribution in [1.82, 2.24) is 20.3 Å². The Labute approximate surface area is 161 Å². The van der Waals surface area contributed by atoms with Crippen molar-refractivity contribution in [3.63, 3.8) is 0 Å². The van der Waals surface area contributed by atoms with Gasteiger partial charge in [-0.25, -0.2) is 19.3 Å². The van der Waals surface area contributed by atoms with Gasteiger partial charge >= 0.3 is 0 Å². The van der Waals surface area contributed by atoms with Gasteiger partial charge in [-0.3, -0.25) is 4.79 Å². The van der Waals surface area contributed by atoms with Crippen LogP contribution in [-0.4, -0.2) is 26.9 Å². The van der Waals surface area contributed by atoms with Crippen LogP contribution in [0.4, 0.5) is 21.7 Å². The Hall–Kier alpha value is -3.49. The first-order valence-electron chi connectivity index (χ1n) is 8.79. The first kappa shape index (κ1) is 19.3. The van der Waals surface area contributed by atoms with Crippen molar-refractivity contribution in [3.8, 4) is 0 Å². The van der Waals surface area contributed by atoms with E-state index in [0.29, 0.717) is 28.0 Å². The van der Waals surface area contributed by atoms with E-state index in [1.54, 1.807) is 12.1 Å². The van der Waals surface area contributed by atoms with Crippen LogP contribution in [-0.2, 0) is 0 Å². The minimum atomic E-state index is -0.432. The number of halogens is 1. The van der Waals surface area contributed by atoms with Gasteiger partial charge in [-0.05, 0) is 45.0 Å². The monoisotopic (exact) mass is 383 g/mol. The summed E-state index contributed by atoms with van der Waals surface area (Å²) in [6, 6.07) is 5.38. The van der Waals surface area contributed by atoms with E-state index < -0.39 is 11.9 Å². The summed E-state index contributed by atoms with van der Waals surface area (Å²) in [4.78, 5) is 25.3. The van der Waals surface area contributed by atoms with E-state index >= 15 is 0 Å². The van der Waals surface area contributed by atoms with Crippen LogP contribution in [0.25, 0.3) is 10.9 Å². The Morgan fingerprint density at radius 3 is 2.61 bits per heavy atom. The minimum absolute atomic E-state index is 0.0656. The Bertz CT molecular complexity index is 1040. The molecule has 0 bridgehead atoms. The van der Waals surface area contributed by atoms with E-state index in [1.165, 1.54) is 18.5 Å². The average molecular weight is 383 g/mol. The van der Waals surface area contributed by atoms with Gasteiger partial charge in [0.2, 0.25) is 0 Å². The van der Waals surface area contributed by atoms with Gasteiger partial charge < -0.3 is 22.1 Å². The molecule has 0 aliphatic carbocycles. The molecule has 3 aromatic rings. The summed E-state index contributed by atoms with van der Waals surface area (Å²) >= 11 is 0. The van der Waals surface area contributed by atoms with Crippen LogP contribution in [0.15, 0.2) is 30.6 Å². The highest BCUT2D eigenvalue weighted by molar-refractivity contribution is 5.99. The maximum atomic E-state index is 13.6. The highest BCUT2D eigenvalue weighted by Gasteiger charge is 2.21. The van der Waals surface area contributed by atoms with Gasteiger partial charge in [0.1, 0.15) is 17.8 Å². The molecule has 9 heteroatoms. The zero-order valence-corrected chi connectivity index (χ0v) is 15.8. The molecule has 0 unspecified atom stereocenters. The molecule has 1 atom stereocenters. The largest absolute Gasteiger partial charge is 0.393 e. The van der Waals surface area contributed by atoms with E-state index in [-0.39, 0.29) is 23.5 Å². The SMILES string of the molecule is CC(C)NC(=O)c1cc2cc(F)ccc2nc1[C@H](C)Nc1ncnc(N)c1N. The number of nitrogens with two attached hydrogens (primary N) is 2. The Morgan fingerprint density at radius 2 is 1.89 bits per heavy atom. The van der Waals surface area contributed by atoms with Crippen LogP contribution in [0.3, 0.4) is 0 Å². The summed E-state index contributed by atoms with van der Waals surface area (Å²) in [5, 5.41) is 6.50. The molecule has 0 spiro atoms. The fraction of sp³-hybridized carbons (Fsp3) is 0.263. The van der Waals surface area contributed by atoms with E-state index in [0.717, 1.165) is 0 Å². The number of nitrogen functional groups attached to an aromatic ring is 2. The van der Waals surface area contributed by atoms with Crippen LogP contribution < -0.4 is 22.1 Å². The first-order chi connectivity index (χ1) is 13.3. The molecule has 0 aliphatic rings. The highest BCUT2D eigenvalue weighted by Crippen LogP contribution is 2.27. The Morgan fingerprint density at radius 1 is 1.14 bits per heavy atom. The normalized spacial score (nSPS) is 12.2. The van der Waals surface area contributed by atoms with Crippen molar-refractivity contribution >= 4 is 34.1 Å². The molecule has 0 saturated heterocycles. The van der Waals surface area contributed by atoms with Crippen molar-refractivity contribution < 1.29 is 9.18 Å². The Kier molecular flexibility index (Phi) is 5.25. The number of hydrogen-bond acceptors (Lipinski definition) is 7. The minimum Gasteiger partial charge on any atom is -0.393 e. The van der Waals surface area contributed by atoms with Crippen molar-refractivity contribution in [2.24, 2.45) is 0 Å². The van der Waals surface area contributed by atoms with E-state index in [2.05, 4.69) is 25.6 Å². The number of rotatable bonds is 5. The van der Waals surface area contributed by atoms with Crippen molar-refractivity contribution in [1.29, 1.82) is 0 Å². The Balaban J connectivity index is 2.07. The van der Waals surface area contributed by atoms with Gasteiger partial charge in [-0.15, -0.1) is 0 Å². The number of nitrogens with zero attached hydrogens (tertiary/aromatic N) is 3. The number of fused-ring (bicyclic) bond motifs is 1. The van der Waals surface area contributed by atoms with Crippen LogP contribution >= 0.6 is 0 Å². The van der Waals surface area contributed by atoms with Crippen molar-refractivity contribution in [2.45, 2.75) is 32.9 Å². The number of carbonyl (C=O) groups excluding carboxylic acids is 1. The highest BCUT2D eigenvalue weighted by atomic mass is 19.1. The molecule has 28 heavy (non-hydrogen) atoms. The van der Waals surface area contributed by atoms with Crippen LogP contribution in [0.5, 0.6) is 0 Å². The van der Waals surface area contributed by atoms with Crippen LogP contribution in [0, 0.1) is 5.82 Å². The summed E-state index contributed by atoms with van der Waals surface area (Å²) in [6.07, 6.45) is 1.30. The van der Waals surface area contributed by atoms with Gasteiger partial charge in [0, 0.05) is 11.4 Å². The van der Waals surface area contributed by atoms with Gasteiger partial charge in [-0.2, -0.15) is 0 Å². The number of aromatic nitrogens is 3. The maximum absolute atomic E-state index is 13.6. The maximum Gasteiger partial charge on any atom is 0.253 e. The van der Waals surface area contributed by atoms with E-state index in [1.807, 2.05) is 20.8 Å². The number of benzene rings is 1. The molecule has 0 saturated carbocycles. The summed E-state index contributed by atoms with van der Waals surface area (Å²) in [5.41, 5.74) is 13.3. The second-order valence-corrected chi connectivity index (χ2v) is 6.77. The molecule has 3 rings (SSSR count). The number of anilines is 3. The summed E-state index contributed by atoms with van der Waals surface area (Å²) in [6.45, 7) is 5.54. The smallest absolute Gasteiger partial charge is 0.253 e. The summed E-state index contributed by atoms with van der Waals surface area (Å²) < 4.78 is 13.6. The predicted octanol–water partition coefficient (Wildman–Crippen LogP) is 2.64. The predicted molar refractivity (Wildman–Crippen MR) is 107 cm³/mol. The van der Waals surface area contributed by atoms with Crippen LogP contribution in [0.1, 0.15) is 42.9 Å². The molecule has 2 aromatic heterocycles. The van der Waals surface area contributed by atoms with Gasteiger partial charge in [-0.1, -0.05) is 0 Å². The molecule has 0 radical (unpaired) electrons. The molecule has 1 aromatic carbocycles. The molecule has 2 heterocycles. The van der Waals surface area contributed by atoms with Crippen molar-refractivity contribution in [3.05, 3.63) is 47.7 Å².